The molecule has 1 fully saturated rings. The van der Waals surface area contributed by atoms with Gasteiger partial charge in [-0.3, -0.25) is 14.2 Å². The molecule has 0 aromatic carbocycles. The molecule has 0 spiro atoms. The van der Waals surface area contributed by atoms with Crippen molar-refractivity contribution in [2.45, 2.75) is 85.3 Å². The van der Waals surface area contributed by atoms with Gasteiger partial charge >= 0.3 is 17.6 Å². The van der Waals surface area contributed by atoms with Gasteiger partial charge in [-0.1, -0.05) is 13.8 Å². The van der Waals surface area contributed by atoms with E-state index < -0.39 is 47.6 Å². The molecule has 1 aromatic rings. The van der Waals surface area contributed by atoms with Crippen LogP contribution in [-0.2, 0) is 23.8 Å². The third kappa shape index (κ3) is 6.87. The second-order valence-electron chi connectivity index (χ2n) is 9.40. The first-order valence-corrected chi connectivity index (χ1v) is 10.6. The van der Waals surface area contributed by atoms with Crippen LogP contribution in [0.4, 0.5) is 0 Å². The lowest BCUT2D eigenvalue weighted by atomic mass is 9.92. The summed E-state index contributed by atoms with van der Waals surface area (Å²) in [6.07, 6.45) is -0.648. The van der Waals surface area contributed by atoms with E-state index in [9.17, 15) is 19.5 Å². The molecule has 9 heteroatoms. The van der Waals surface area contributed by atoms with E-state index in [0.717, 1.165) is 5.56 Å². The smallest absolute Gasteiger partial charge is 0.349 e. The van der Waals surface area contributed by atoms with E-state index in [1.807, 2.05) is 20.8 Å². The Balaban J connectivity index is 1.98. The summed E-state index contributed by atoms with van der Waals surface area (Å²) in [5, 5.41) is 10.3. The zero-order valence-electron chi connectivity index (χ0n) is 19.4. The normalized spacial score (nSPS) is 22.4. The molecule has 1 aliphatic rings. The highest BCUT2D eigenvalue weighted by atomic mass is 16.6. The van der Waals surface area contributed by atoms with Gasteiger partial charge in [0.25, 0.3) is 0 Å². The predicted molar refractivity (Wildman–Crippen MR) is 112 cm³/mol. The number of aryl methyl sites for hydroxylation is 2. The summed E-state index contributed by atoms with van der Waals surface area (Å²) >= 11 is 0. The van der Waals surface area contributed by atoms with Gasteiger partial charge in [0.2, 0.25) is 0 Å². The first-order valence-electron chi connectivity index (χ1n) is 10.6. The molecule has 1 unspecified atom stereocenters. The van der Waals surface area contributed by atoms with Crippen molar-refractivity contribution < 1.29 is 28.9 Å². The van der Waals surface area contributed by atoms with E-state index in [2.05, 4.69) is 4.98 Å². The Labute approximate surface area is 182 Å². The summed E-state index contributed by atoms with van der Waals surface area (Å²) in [7, 11) is 0. The molecule has 0 amide bonds. The van der Waals surface area contributed by atoms with Gasteiger partial charge in [0.1, 0.15) is 24.5 Å². The molecule has 0 aliphatic carbocycles. The van der Waals surface area contributed by atoms with Crippen LogP contribution in [0.15, 0.2) is 11.0 Å². The minimum Gasteiger partial charge on any atom is -0.463 e. The molecular formula is C22H34N2O7. The minimum absolute atomic E-state index is 0.0891. The first-order chi connectivity index (χ1) is 14.3. The van der Waals surface area contributed by atoms with Crippen molar-refractivity contribution in [3.8, 4) is 0 Å². The van der Waals surface area contributed by atoms with E-state index in [0.29, 0.717) is 5.69 Å². The fourth-order valence-corrected chi connectivity index (χ4v) is 3.31. The third-order valence-corrected chi connectivity index (χ3v) is 5.21. The van der Waals surface area contributed by atoms with E-state index in [1.54, 1.807) is 33.9 Å². The first kappa shape index (κ1) is 25.0. The summed E-state index contributed by atoms with van der Waals surface area (Å²) in [6.45, 7) is 12.3. The van der Waals surface area contributed by atoms with Gasteiger partial charge in [-0.05, 0) is 46.1 Å². The van der Waals surface area contributed by atoms with Crippen LogP contribution < -0.4 is 5.69 Å². The number of carbonyl (C=O) groups excluding carboxylic acids is 2. The topological polar surface area (TPSA) is 117 Å². The van der Waals surface area contributed by atoms with Crippen molar-refractivity contribution in [3.63, 3.8) is 0 Å². The fraction of sp³-hybridized carbons (Fsp3) is 0.727. The van der Waals surface area contributed by atoms with Crippen molar-refractivity contribution in [1.29, 1.82) is 0 Å². The maximum Gasteiger partial charge on any atom is 0.349 e. The van der Waals surface area contributed by atoms with Crippen molar-refractivity contribution >= 4 is 11.9 Å². The fourth-order valence-electron chi connectivity index (χ4n) is 3.31. The molecule has 0 saturated carbocycles. The lowest BCUT2D eigenvalue weighted by Gasteiger charge is -2.24. The molecule has 1 aromatic heterocycles. The molecule has 1 N–H and O–H groups in total. The lowest BCUT2D eigenvalue weighted by Crippen LogP contribution is -2.33. The molecule has 2 heterocycles. The predicted octanol–water partition coefficient (Wildman–Crippen LogP) is 2.06. The van der Waals surface area contributed by atoms with Gasteiger partial charge in [-0.25, -0.2) is 4.79 Å². The van der Waals surface area contributed by atoms with E-state index in [4.69, 9.17) is 14.2 Å². The maximum absolute atomic E-state index is 12.6. The van der Waals surface area contributed by atoms with E-state index >= 15 is 0 Å². The summed E-state index contributed by atoms with van der Waals surface area (Å²) in [5.74, 6) is -1.83. The van der Waals surface area contributed by atoms with E-state index in [1.165, 1.54) is 4.57 Å². The van der Waals surface area contributed by atoms with Crippen molar-refractivity contribution in [2.24, 2.45) is 11.8 Å². The molecule has 0 radical (unpaired) electrons. The Hall–Kier alpha value is -2.26. The van der Waals surface area contributed by atoms with Crippen molar-refractivity contribution in [2.75, 3.05) is 6.61 Å². The van der Waals surface area contributed by atoms with Crippen LogP contribution in [0.2, 0.25) is 0 Å². The van der Waals surface area contributed by atoms with Gasteiger partial charge in [-0.2, -0.15) is 4.98 Å². The molecule has 174 valence electrons. The number of aliphatic hydroxyl groups is 1. The van der Waals surface area contributed by atoms with Crippen LogP contribution in [0.3, 0.4) is 0 Å². The second-order valence-corrected chi connectivity index (χ2v) is 9.40. The monoisotopic (exact) mass is 438 g/mol. The van der Waals surface area contributed by atoms with Crippen LogP contribution >= 0.6 is 0 Å². The zero-order valence-corrected chi connectivity index (χ0v) is 19.4. The molecular weight excluding hydrogens is 404 g/mol. The largest absolute Gasteiger partial charge is 0.463 e. The van der Waals surface area contributed by atoms with Gasteiger partial charge in [0.15, 0.2) is 0 Å². The van der Waals surface area contributed by atoms with Gasteiger partial charge in [0.05, 0.1) is 18.4 Å². The van der Waals surface area contributed by atoms with Crippen LogP contribution in [0.5, 0.6) is 0 Å². The average Bonchev–Trinajstić information content (AvgIpc) is 2.99. The number of nitrogens with zero attached hydrogens (tertiary/aromatic N) is 2. The van der Waals surface area contributed by atoms with Gasteiger partial charge < -0.3 is 19.3 Å². The van der Waals surface area contributed by atoms with Crippen molar-refractivity contribution in [1.82, 2.24) is 9.55 Å². The highest BCUT2D eigenvalue weighted by Gasteiger charge is 2.37. The number of carbonyl (C=O) groups is 2. The number of ether oxygens (including phenoxy) is 3. The highest BCUT2D eigenvalue weighted by Crippen LogP contribution is 2.29. The van der Waals surface area contributed by atoms with Crippen LogP contribution in [0, 0.1) is 25.7 Å². The number of esters is 2. The molecule has 4 atom stereocenters. The molecule has 2 rings (SSSR count). The zero-order chi connectivity index (χ0) is 23.5. The molecule has 0 bridgehead atoms. The Morgan fingerprint density at radius 2 is 1.97 bits per heavy atom. The van der Waals surface area contributed by atoms with Crippen LogP contribution in [0.25, 0.3) is 0 Å². The van der Waals surface area contributed by atoms with E-state index in [-0.39, 0.29) is 25.4 Å². The molecule has 31 heavy (non-hydrogen) atoms. The molecule has 1 saturated heterocycles. The Kier molecular flexibility index (Phi) is 7.99. The lowest BCUT2D eigenvalue weighted by molar-refractivity contribution is -0.165. The van der Waals surface area contributed by atoms with Crippen LogP contribution in [0.1, 0.15) is 64.9 Å². The maximum atomic E-state index is 12.6. The summed E-state index contributed by atoms with van der Waals surface area (Å²) in [6, 6.07) is 0. The quantitative estimate of drug-likeness (QED) is 0.643. The summed E-state index contributed by atoms with van der Waals surface area (Å²) < 4.78 is 17.8. The molecule has 9 nitrogen and oxygen atoms in total. The number of hydrogen-bond donors (Lipinski definition) is 1. The molecule has 1 aliphatic heterocycles. The standard InChI is InChI=1S/C22H34N2O7/c1-12(2)15(8-19(26)31-22(5,6)7)20(27)29-11-17-16(25)9-18(30-17)24-10-13(3)14(4)23-21(24)28/h10,12,15-18,25H,8-9,11H2,1-7H3/t15?,16-,17-,18-/m0/s1. The highest BCUT2D eigenvalue weighted by molar-refractivity contribution is 5.80. The Morgan fingerprint density at radius 1 is 1.32 bits per heavy atom. The minimum atomic E-state index is -0.908. The van der Waals surface area contributed by atoms with Gasteiger partial charge in [0, 0.05) is 18.3 Å². The van der Waals surface area contributed by atoms with Crippen LogP contribution in [-0.4, -0.2) is 51.0 Å². The number of rotatable bonds is 7. The number of aromatic nitrogens is 2. The van der Waals surface area contributed by atoms with Crippen molar-refractivity contribution in [3.05, 3.63) is 27.9 Å². The third-order valence-electron chi connectivity index (χ3n) is 5.21. The number of hydrogen-bond acceptors (Lipinski definition) is 8. The van der Waals surface area contributed by atoms with Gasteiger partial charge in [-0.15, -0.1) is 0 Å². The average molecular weight is 439 g/mol. The summed E-state index contributed by atoms with van der Waals surface area (Å²) in [5.41, 5.74) is 0.361. The Morgan fingerprint density at radius 3 is 2.55 bits per heavy atom. The SMILES string of the molecule is Cc1cn([C@@H]2C[C@H](O)[C@H](COC(=O)C(CC(=O)OC(C)(C)C)C(C)C)O2)c(=O)nc1C. The Bertz CT molecular complexity index is 856. The summed E-state index contributed by atoms with van der Waals surface area (Å²) in [4.78, 5) is 40.9. The second kappa shape index (κ2) is 9.91. The number of aliphatic hydroxyl groups excluding tert-OH is 1.